The fourth-order valence-electron chi connectivity index (χ4n) is 2.89. The van der Waals surface area contributed by atoms with E-state index >= 15 is 0 Å². The summed E-state index contributed by atoms with van der Waals surface area (Å²) in [6.45, 7) is 3.97. The van der Waals surface area contributed by atoms with Crippen LogP contribution in [0.4, 0.5) is 5.69 Å². The Labute approximate surface area is 156 Å². The molecule has 26 heavy (non-hydrogen) atoms. The summed E-state index contributed by atoms with van der Waals surface area (Å²) in [5.41, 5.74) is 3.70. The Morgan fingerprint density at radius 3 is 2.54 bits per heavy atom. The number of fused-ring (bicyclic) bond motifs is 1. The predicted molar refractivity (Wildman–Crippen MR) is 104 cm³/mol. The highest BCUT2D eigenvalue weighted by Gasteiger charge is 2.16. The molecule has 1 aromatic heterocycles. The number of nitrogens with zero attached hydrogens (tertiary/aromatic N) is 1. The van der Waals surface area contributed by atoms with E-state index in [2.05, 4.69) is 10.3 Å². The second-order valence-electron chi connectivity index (χ2n) is 6.00. The maximum Gasteiger partial charge on any atom is 0.258 e. The number of aryl methyl sites for hydroxylation is 2. The van der Waals surface area contributed by atoms with Gasteiger partial charge >= 0.3 is 0 Å². The number of amides is 1. The van der Waals surface area contributed by atoms with E-state index in [1.807, 2.05) is 26.0 Å². The van der Waals surface area contributed by atoms with Crippen molar-refractivity contribution in [3.05, 3.63) is 58.2 Å². The molecular weight excluding hydrogens is 352 g/mol. The van der Waals surface area contributed by atoms with Gasteiger partial charge in [-0.25, -0.2) is 4.98 Å². The topological polar surface area (TPSA) is 60.5 Å². The number of hydrogen-bond donors (Lipinski definition) is 1. The van der Waals surface area contributed by atoms with Gasteiger partial charge in [-0.05, 0) is 43.7 Å². The molecule has 0 spiro atoms. The summed E-state index contributed by atoms with van der Waals surface area (Å²) >= 11 is 6.28. The molecule has 0 atom stereocenters. The molecule has 0 saturated carbocycles. The Morgan fingerprint density at radius 1 is 1.08 bits per heavy atom. The minimum Gasteiger partial charge on any atom is -0.497 e. The third-order valence-corrected chi connectivity index (χ3v) is 4.39. The van der Waals surface area contributed by atoms with Gasteiger partial charge < -0.3 is 14.8 Å². The number of nitrogens with one attached hydrogen (secondary N) is 1. The van der Waals surface area contributed by atoms with Crippen LogP contribution in [-0.2, 0) is 0 Å². The van der Waals surface area contributed by atoms with Crippen LogP contribution in [0.1, 0.15) is 21.5 Å². The van der Waals surface area contributed by atoms with Gasteiger partial charge in [0.25, 0.3) is 5.91 Å². The van der Waals surface area contributed by atoms with E-state index in [4.69, 9.17) is 21.1 Å². The molecule has 1 N–H and O–H groups in total. The molecule has 2 aromatic carbocycles. The normalized spacial score (nSPS) is 10.7. The number of anilines is 1. The van der Waals surface area contributed by atoms with Crippen LogP contribution in [0.5, 0.6) is 11.5 Å². The number of hydrogen-bond acceptors (Lipinski definition) is 4. The van der Waals surface area contributed by atoms with Crippen molar-refractivity contribution in [2.24, 2.45) is 0 Å². The number of halogens is 1. The quantitative estimate of drug-likeness (QED) is 0.672. The van der Waals surface area contributed by atoms with Gasteiger partial charge in [0.1, 0.15) is 16.7 Å². The molecule has 1 amide bonds. The van der Waals surface area contributed by atoms with E-state index in [1.165, 1.54) is 7.11 Å². The fraction of sp³-hybridized carbons (Fsp3) is 0.200. The molecule has 0 aliphatic rings. The average Bonchev–Trinajstić information content (AvgIpc) is 2.61. The smallest absolute Gasteiger partial charge is 0.258 e. The van der Waals surface area contributed by atoms with Crippen LogP contribution in [0, 0.1) is 13.8 Å². The highest BCUT2D eigenvalue weighted by molar-refractivity contribution is 6.34. The lowest BCUT2D eigenvalue weighted by atomic mass is 10.1. The van der Waals surface area contributed by atoms with Crippen molar-refractivity contribution in [1.29, 1.82) is 0 Å². The number of carbonyl (C=O) groups excluding carboxylic acids is 1. The minimum atomic E-state index is -0.366. The van der Waals surface area contributed by atoms with E-state index in [0.29, 0.717) is 22.7 Å². The van der Waals surface area contributed by atoms with Crippen molar-refractivity contribution >= 4 is 34.1 Å². The molecule has 5 nitrogen and oxygen atoms in total. The van der Waals surface area contributed by atoms with Crippen molar-refractivity contribution < 1.29 is 14.3 Å². The first kappa shape index (κ1) is 18.0. The van der Waals surface area contributed by atoms with E-state index in [0.717, 1.165) is 22.0 Å². The number of pyridine rings is 1. The second kappa shape index (κ2) is 7.22. The molecule has 3 aromatic rings. The van der Waals surface area contributed by atoms with Crippen molar-refractivity contribution in [3.63, 3.8) is 0 Å². The molecular formula is C20H19ClN2O3. The van der Waals surface area contributed by atoms with Crippen LogP contribution in [0.25, 0.3) is 10.9 Å². The van der Waals surface area contributed by atoms with Crippen LogP contribution in [0.3, 0.4) is 0 Å². The van der Waals surface area contributed by atoms with Crippen molar-refractivity contribution in [1.82, 2.24) is 4.98 Å². The maximum atomic E-state index is 12.8. The monoisotopic (exact) mass is 370 g/mol. The van der Waals surface area contributed by atoms with Gasteiger partial charge in [-0.1, -0.05) is 23.2 Å². The summed E-state index contributed by atoms with van der Waals surface area (Å²) in [6.07, 6.45) is 0. The Morgan fingerprint density at radius 2 is 1.85 bits per heavy atom. The zero-order chi connectivity index (χ0) is 18.8. The number of aromatic nitrogens is 1. The maximum absolute atomic E-state index is 12.8. The highest BCUT2D eigenvalue weighted by atomic mass is 35.5. The molecule has 134 valence electrons. The van der Waals surface area contributed by atoms with Gasteiger partial charge in [-0.15, -0.1) is 0 Å². The number of benzene rings is 2. The van der Waals surface area contributed by atoms with Crippen LogP contribution >= 0.6 is 11.6 Å². The summed E-state index contributed by atoms with van der Waals surface area (Å²) in [4.78, 5) is 17.2. The molecule has 0 aliphatic carbocycles. The second-order valence-corrected chi connectivity index (χ2v) is 6.36. The van der Waals surface area contributed by atoms with Gasteiger partial charge in [-0.2, -0.15) is 0 Å². The van der Waals surface area contributed by atoms with Crippen LogP contribution < -0.4 is 14.8 Å². The molecule has 0 unspecified atom stereocenters. The van der Waals surface area contributed by atoms with Crippen LogP contribution in [0.2, 0.25) is 5.15 Å². The SMILES string of the molecule is COc1ccc(OC)c(NC(=O)c2cc3cc(C)cc(C)c3nc2Cl)c1. The number of rotatable bonds is 4. The lowest BCUT2D eigenvalue weighted by molar-refractivity contribution is 0.102. The fourth-order valence-corrected chi connectivity index (χ4v) is 3.11. The largest absolute Gasteiger partial charge is 0.497 e. The van der Waals surface area contributed by atoms with Crippen molar-refractivity contribution in [2.75, 3.05) is 19.5 Å². The summed E-state index contributed by atoms with van der Waals surface area (Å²) in [5.74, 6) is 0.765. The number of carbonyl (C=O) groups is 1. The summed E-state index contributed by atoms with van der Waals surface area (Å²) < 4.78 is 10.5. The van der Waals surface area contributed by atoms with Crippen LogP contribution in [0.15, 0.2) is 36.4 Å². The first-order chi connectivity index (χ1) is 12.4. The standard InChI is InChI=1S/C20H19ClN2O3/c1-11-7-12(2)18-13(8-11)9-15(19(21)23-18)20(24)22-16-10-14(25-3)5-6-17(16)26-4/h5-10H,1-4H3,(H,22,24). The van der Waals surface area contributed by atoms with Gasteiger partial charge in [0.2, 0.25) is 0 Å². The van der Waals surface area contributed by atoms with E-state index in [-0.39, 0.29) is 11.1 Å². The Hall–Kier alpha value is -2.79. The molecule has 0 bridgehead atoms. The number of methoxy groups -OCH3 is 2. The summed E-state index contributed by atoms with van der Waals surface area (Å²) in [7, 11) is 3.09. The van der Waals surface area contributed by atoms with E-state index < -0.39 is 0 Å². The molecule has 0 fully saturated rings. The minimum absolute atomic E-state index is 0.156. The highest BCUT2D eigenvalue weighted by Crippen LogP contribution is 2.30. The Kier molecular flexibility index (Phi) is 5.00. The van der Waals surface area contributed by atoms with Gasteiger partial charge in [0.15, 0.2) is 0 Å². The molecule has 1 heterocycles. The van der Waals surface area contributed by atoms with Crippen molar-refractivity contribution in [2.45, 2.75) is 13.8 Å². The third-order valence-electron chi connectivity index (χ3n) is 4.11. The predicted octanol–water partition coefficient (Wildman–Crippen LogP) is 4.77. The molecule has 0 aliphatic heterocycles. The zero-order valence-electron chi connectivity index (χ0n) is 15.0. The molecule has 6 heteroatoms. The first-order valence-electron chi connectivity index (χ1n) is 8.04. The third kappa shape index (κ3) is 3.44. The van der Waals surface area contributed by atoms with Crippen LogP contribution in [-0.4, -0.2) is 25.1 Å². The lowest BCUT2D eigenvalue weighted by Gasteiger charge is -2.13. The average molecular weight is 371 g/mol. The Bertz CT molecular complexity index is 1000. The number of ether oxygens (including phenoxy) is 2. The van der Waals surface area contributed by atoms with Gasteiger partial charge in [0, 0.05) is 11.5 Å². The first-order valence-corrected chi connectivity index (χ1v) is 8.41. The molecule has 3 rings (SSSR count). The zero-order valence-corrected chi connectivity index (χ0v) is 15.8. The van der Waals surface area contributed by atoms with Gasteiger partial charge in [-0.3, -0.25) is 4.79 Å². The summed E-state index contributed by atoms with van der Waals surface area (Å²) in [6, 6.07) is 10.9. The van der Waals surface area contributed by atoms with Crippen molar-refractivity contribution in [3.8, 4) is 11.5 Å². The van der Waals surface area contributed by atoms with E-state index in [1.54, 1.807) is 31.4 Å². The summed E-state index contributed by atoms with van der Waals surface area (Å²) in [5, 5.41) is 3.85. The van der Waals surface area contributed by atoms with E-state index in [9.17, 15) is 4.79 Å². The van der Waals surface area contributed by atoms with Gasteiger partial charge in [0.05, 0.1) is 31.0 Å². The molecule has 0 radical (unpaired) electrons. The Balaban J connectivity index is 2.02. The lowest BCUT2D eigenvalue weighted by Crippen LogP contribution is -2.14. The molecule has 0 saturated heterocycles.